The molecule has 4 nitrogen and oxygen atoms in total. The first-order chi connectivity index (χ1) is 21.8. The summed E-state index contributed by atoms with van der Waals surface area (Å²) >= 11 is -5.26. The van der Waals surface area contributed by atoms with Crippen molar-refractivity contribution in [3.8, 4) is 11.5 Å². The van der Waals surface area contributed by atoms with Crippen molar-refractivity contribution in [1.82, 2.24) is 0 Å². The number of halogens is 4. The van der Waals surface area contributed by atoms with Crippen LogP contribution in [0.5, 0.6) is 11.5 Å². The molecular weight excluding hydrogens is 620 g/mol. The molecule has 0 bridgehead atoms. The molecule has 9 heteroatoms. The van der Waals surface area contributed by atoms with E-state index in [4.69, 9.17) is 9.47 Å². The number of allylic oxidation sites excluding steroid dienone is 8. The molecule has 2 aliphatic carbocycles. The van der Waals surface area contributed by atoms with Crippen LogP contribution in [-0.2, 0) is 16.6 Å². The fraction of sp³-hybridized carbons (Fsp3) is 0.0556. The molecule has 2 aliphatic rings. The molecule has 0 aliphatic heterocycles. The minimum atomic E-state index is -5.26. The standard InChI is InChI=1S/2C13H7F2O2.2C5H5.Ti/c2*14-10-6-7-12(11(15)8-10)17-13(16)9-4-2-1-3-5-9;2*1-2-4-5-3-1;/h2*1-7H;2*1-3H,4H2;. The summed E-state index contributed by atoms with van der Waals surface area (Å²) < 4.78 is 76.6. The Morgan fingerprint density at radius 2 is 0.956 bits per heavy atom. The van der Waals surface area contributed by atoms with Crippen LogP contribution < -0.4 is 17.2 Å². The topological polar surface area (TPSA) is 52.6 Å². The SMILES string of the molecule is O=C(Oc1ccc(F)[c]([Ti]([C]2=CC=CC2)([C]2=CC=CC2)[c]2c(F)ccc(OC(=O)c3ccccc3)c2F)c1F)c1ccccc1. The third-order valence-corrected chi connectivity index (χ3v) is 15.7. The summed E-state index contributed by atoms with van der Waals surface area (Å²) in [5.74, 6) is -7.49. The van der Waals surface area contributed by atoms with E-state index in [1.54, 1.807) is 72.9 Å². The maximum absolute atomic E-state index is 16.8. The van der Waals surface area contributed by atoms with Crippen molar-refractivity contribution in [1.29, 1.82) is 0 Å². The summed E-state index contributed by atoms with van der Waals surface area (Å²) in [6.07, 6.45) is 10.4. The molecule has 0 amide bonds. The third kappa shape index (κ3) is 5.52. The molecule has 0 unspecified atom stereocenters. The number of carbonyl (C=O) groups is 2. The molecule has 0 saturated heterocycles. The van der Waals surface area contributed by atoms with Gasteiger partial charge in [-0.25, -0.2) is 0 Å². The second-order valence-electron chi connectivity index (χ2n) is 10.4. The molecular formula is C36H24F4O4Ti. The summed E-state index contributed by atoms with van der Waals surface area (Å²) in [4.78, 5) is 25.8. The molecule has 45 heavy (non-hydrogen) atoms. The van der Waals surface area contributed by atoms with Crippen molar-refractivity contribution in [2.24, 2.45) is 0 Å². The van der Waals surface area contributed by atoms with Crippen molar-refractivity contribution in [2.75, 3.05) is 0 Å². The van der Waals surface area contributed by atoms with Gasteiger partial charge in [0.15, 0.2) is 0 Å². The van der Waals surface area contributed by atoms with Gasteiger partial charge in [-0.3, -0.25) is 0 Å². The van der Waals surface area contributed by atoms with E-state index < -0.39 is 71.0 Å². The van der Waals surface area contributed by atoms with E-state index in [-0.39, 0.29) is 24.0 Å². The maximum atomic E-state index is 16.8. The number of hydrogen-bond donors (Lipinski definition) is 0. The van der Waals surface area contributed by atoms with Crippen molar-refractivity contribution in [2.45, 2.75) is 12.8 Å². The van der Waals surface area contributed by atoms with Crippen LogP contribution in [0.25, 0.3) is 0 Å². The van der Waals surface area contributed by atoms with Gasteiger partial charge in [-0.15, -0.1) is 0 Å². The summed E-state index contributed by atoms with van der Waals surface area (Å²) in [6, 6.07) is 19.5. The first-order valence-corrected chi connectivity index (χ1v) is 17.2. The fourth-order valence-electron chi connectivity index (χ4n) is 5.80. The van der Waals surface area contributed by atoms with E-state index in [1.807, 2.05) is 0 Å². The average molecular weight is 644 g/mol. The Kier molecular flexibility index (Phi) is 8.52. The normalized spacial score (nSPS) is 13.9. The zero-order chi connectivity index (χ0) is 31.6. The van der Waals surface area contributed by atoms with E-state index >= 15 is 17.6 Å². The van der Waals surface area contributed by atoms with E-state index in [0.717, 1.165) is 24.3 Å². The Morgan fingerprint density at radius 3 is 1.31 bits per heavy atom. The van der Waals surface area contributed by atoms with Gasteiger partial charge in [0.2, 0.25) is 0 Å². The molecule has 0 N–H and O–H groups in total. The van der Waals surface area contributed by atoms with Gasteiger partial charge in [-0.1, -0.05) is 0 Å². The molecule has 0 spiro atoms. The van der Waals surface area contributed by atoms with E-state index in [0.29, 0.717) is 7.76 Å². The Hall–Kier alpha value is -4.79. The fourth-order valence-corrected chi connectivity index (χ4v) is 14.0. The third-order valence-electron chi connectivity index (χ3n) is 7.79. The van der Waals surface area contributed by atoms with Crippen LogP contribution in [0.15, 0.2) is 129 Å². The molecule has 0 aromatic heterocycles. The number of rotatable bonds is 8. The van der Waals surface area contributed by atoms with Crippen LogP contribution in [0.4, 0.5) is 17.6 Å². The molecule has 0 radical (unpaired) electrons. The Labute approximate surface area is 260 Å². The molecule has 0 saturated carbocycles. The number of ether oxygens (including phenoxy) is 2. The molecule has 224 valence electrons. The molecule has 0 fully saturated rings. The van der Waals surface area contributed by atoms with Gasteiger partial charge in [-0.2, -0.15) is 0 Å². The van der Waals surface area contributed by atoms with Crippen LogP contribution in [0.2, 0.25) is 0 Å². The Morgan fingerprint density at radius 1 is 0.556 bits per heavy atom. The van der Waals surface area contributed by atoms with E-state index in [9.17, 15) is 9.59 Å². The van der Waals surface area contributed by atoms with E-state index in [1.165, 1.54) is 24.3 Å². The molecule has 4 aromatic carbocycles. The first kappa shape index (κ1) is 30.2. The molecule has 6 rings (SSSR count). The second-order valence-corrected chi connectivity index (χ2v) is 16.3. The predicted octanol–water partition coefficient (Wildman–Crippen LogP) is 7.47. The monoisotopic (exact) mass is 644 g/mol. The van der Waals surface area contributed by atoms with Crippen LogP contribution >= 0.6 is 0 Å². The predicted molar refractivity (Wildman–Crippen MR) is 158 cm³/mol. The van der Waals surface area contributed by atoms with Crippen molar-refractivity contribution in [3.63, 3.8) is 0 Å². The molecule has 0 atom stereocenters. The van der Waals surface area contributed by atoms with Crippen molar-refractivity contribution < 1.29 is 53.2 Å². The first-order valence-electron chi connectivity index (χ1n) is 14.1. The van der Waals surface area contributed by atoms with Gasteiger partial charge in [-0.05, 0) is 0 Å². The summed E-state index contributed by atoms with van der Waals surface area (Å²) in [7, 11) is 0. The summed E-state index contributed by atoms with van der Waals surface area (Å²) in [5, 5.41) is 0. The zero-order valence-corrected chi connectivity index (χ0v) is 25.2. The average Bonchev–Trinajstić information content (AvgIpc) is 3.80. The molecule has 4 aromatic rings. The van der Waals surface area contributed by atoms with Gasteiger partial charge in [0.25, 0.3) is 0 Å². The van der Waals surface area contributed by atoms with Gasteiger partial charge >= 0.3 is 261 Å². The molecule has 0 heterocycles. The zero-order valence-electron chi connectivity index (χ0n) is 23.6. The van der Waals surface area contributed by atoms with Gasteiger partial charge < -0.3 is 0 Å². The number of carbonyl (C=O) groups excluding carboxylic acids is 2. The van der Waals surface area contributed by atoms with E-state index in [2.05, 4.69) is 0 Å². The van der Waals surface area contributed by atoms with Crippen LogP contribution in [0.3, 0.4) is 0 Å². The van der Waals surface area contributed by atoms with Gasteiger partial charge in [0.05, 0.1) is 0 Å². The van der Waals surface area contributed by atoms with Crippen molar-refractivity contribution in [3.05, 3.63) is 164 Å². The quantitative estimate of drug-likeness (QED) is 0.0865. The van der Waals surface area contributed by atoms with Crippen LogP contribution in [0.1, 0.15) is 33.6 Å². The Bertz CT molecular complexity index is 1790. The van der Waals surface area contributed by atoms with Gasteiger partial charge in [0.1, 0.15) is 0 Å². The van der Waals surface area contributed by atoms with Crippen LogP contribution in [0, 0.1) is 23.3 Å². The number of esters is 2. The second kappa shape index (κ2) is 12.7. The number of hydrogen-bond acceptors (Lipinski definition) is 4. The van der Waals surface area contributed by atoms with Crippen molar-refractivity contribution >= 4 is 19.7 Å². The van der Waals surface area contributed by atoms with Gasteiger partial charge in [0, 0.05) is 0 Å². The summed E-state index contributed by atoms with van der Waals surface area (Å²) in [6.45, 7) is 0. The van der Waals surface area contributed by atoms with Crippen LogP contribution in [-0.4, -0.2) is 11.9 Å². The Balaban J connectivity index is 1.58. The minimum absolute atomic E-state index is 0.131. The number of benzene rings is 4. The summed E-state index contributed by atoms with van der Waals surface area (Å²) in [5.41, 5.74) is 0.261.